The predicted octanol–water partition coefficient (Wildman–Crippen LogP) is 4.77. The normalized spacial score (nSPS) is 10.8. The molecule has 1 N–H and O–H groups in total. The summed E-state index contributed by atoms with van der Waals surface area (Å²) >= 11 is 6.03. The number of carbonyl (C=O) groups is 1. The van der Waals surface area contributed by atoms with Gasteiger partial charge in [0, 0.05) is 28.5 Å². The number of hydrogen-bond donors (Lipinski definition) is 1. The first kappa shape index (κ1) is 14.4. The Morgan fingerprint density at radius 1 is 1.10 bits per heavy atom. The van der Waals surface area contributed by atoms with Gasteiger partial charge in [-0.25, -0.2) is 0 Å². The van der Waals surface area contributed by atoms with Crippen LogP contribution in [0.3, 0.4) is 0 Å². The van der Waals surface area contributed by atoms with Gasteiger partial charge in [0.25, 0.3) is 0 Å². The van der Waals surface area contributed by atoms with E-state index in [0.717, 1.165) is 16.8 Å². The molecule has 0 saturated heterocycles. The standard InChI is InChI=1S/C17H16ClNO/c1-12-3-6-14(7-4-12)17(20)9-10-19-15-8-5-13(2)16(18)11-15/h3-11,19H,1-2H3/b10-9-. The maximum Gasteiger partial charge on any atom is 0.187 e. The first-order valence-electron chi connectivity index (χ1n) is 6.36. The minimum Gasteiger partial charge on any atom is -0.362 e. The van der Waals surface area contributed by atoms with Crippen LogP contribution in [-0.2, 0) is 0 Å². The average molecular weight is 286 g/mol. The Bertz CT molecular complexity index is 645. The molecule has 0 aromatic heterocycles. The van der Waals surface area contributed by atoms with Crippen molar-refractivity contribution in [3.8, 4) is 0 Å². The van der Waals surface area contributed by atoms with E-state index in [-0.39, 0.29) is 5.78 Å². The average Bonchev–Trinajstić information content (AvgIpc) is 2.43. The SMILES string of the molecule is Cc1ccc(C(=O)/C=C\Nc2ccc(C)c(Cl)c2)cc1. The molecular weight excluding hydrogens is 270 g/mol. The van der Waals surface area contributed by atoms with Crippen LogP contribution in [0.2, 0.25) is 5.02 Å². The second-order valence-corrected chi connectivity index (χ2v) is 5.08. The highest BCUT2D eigenvalue weighted by atomic mass is 35.5. The molecule has 0 unspecified atom stereocenters. The molecule has 2 rings (SSSR count). The third-order valence-electron chi connectivity index (χ3n) is 2.99. The van der Waals surface area contributed by atoms with E-state index in [1.807, 2.05) is 56.3 Å². The third kappa shape index (κ3) is 3.72. The van der Waals surface area contributed by atoms with Crippen molar-refractivity contribution in [1.29, 1.82) is 0 Å². The molecule has 20 heavy (non-hydrogen) atoms. The maximum atomic E-state index is 11.9. The first-order valence-corrected chi connectivity index (χ1v) is 6.74. The zero-order valence-electron chi connectivity index (χ0n) is 11.5. The van der Waals surface area contributed by atoms with Crippen LogP contribution >= 0.6 is 11.6 Å². The van der Waals surface area contributed by atoms with Crippen molar-refractivity contribution in [3.63, 3.8) is 0 Å². The second-order valence-electron chi connectivity index (χ2n) is 4.67. The molecule has 2 nitrogen and oxygen atoms in total. The van der Waals surface area contributed by atoms with Crippen LogP contribution in [0.15, 0.2) is 54.7 Å². The van der Waals surface area contributed by atoms with E-state index < -0.39 is 0 Å². The first-order chi connectivity index (χ1) is 9.56. The van der Waals surface area contributed by atoms with Gasteiger partial charge in [-0.15, -0.1) is 0 Å². The summed E-state index contributed by atoms with van der Waals surface area (Å²) < 4.78 is 0. The van der Waals surface area contributed by atoms with Crippen molar-refractivity contribution in [3.05, 3.63) is 76.5 Å². The molecule has 0 amide bonds. The fraction of sp³-hybridized carbons (Fsp3) is 0.118. The Morgan fingerprint density at radius 2 is 1.80 bits per heavy atom. The summed E-state index contributed by atoms with van der Waals surface area (Å²) in [6.07, 6.45) is 3.14. The molecule has 2 aromatic rings. The van der Waals surface area contributed by atoms with Crippen LogP contribution < -0.4 is 5.32 Å². The Hall–Kier alpha value is -2.06. The molecule has 0 fully saturated rings. The van der Waals surface area contributed by atoms with Crippen molar-refractivity contribution in [2.24, 2.45) is 0 Å². The van der Waals surface area contributed by atoms with E-state index in [1.54, 1.807) is 6.20 Å². The predicted molar refractivity (Wildman–Crippen MR) is 84.5 cm³/mol. The van der Waals surface area contributed by atoms with Crippen LogP contribution in [0, 0.1) is 13.8 Å². The summed E-state index contributed by atoms with van der Waals surface area (Å²) in [4.78, 5) is 11.9. The van der Waals surface area contributed by atoms with E-state index >= 15 is 0 Å². The number of allylic oxidation sites excluding steroid dienone is 1. The van der Waals surface area contributed by atoms with Crippen LogP contribution in [0.4, 0.5) is 5.69 Å². The number of hydrogen-bond acceptors (Lipinski definition) is 2. The summed E-state index contributed by atoms with van der Waals surface area (Å²) in [5.41, 5.74) is 3.69. The molecule has 102 valence electrons. The Balaban J connectivity index is 2.00. The zero-order valence-corrected chi connectivity index (χ0v) is 12.2. The van der Waals surface area contributed by atoms with Crippen LogP contribution in [-0.4, -0.2) is 5.78 Å². The number of halogens is 1. The van der Waals surface area contributed by atoms with Crippen molar-refractivity contribution in [2.45, 2.75) is 13.8 Å². The van der Waals surface area contributed by atoms with Crippen molar-refractivity contribution in [2.75, 3.05) is 5.32 Å². The van der Waals surface area contributed by atoms with Gasteiger partial charge >= 0.3 is 0 Å². The van der Waals surface area contributed by atoms with E-state index in [4.69, 9.17) is 11.6 Å². The molecule has 2 aromatic carbocycles. The topological polar surface area (TPSA) is 29.1 Å². The van der Waals surface area contributed by atoms with Gasteiger partial charge in [0.15, 0.2) is 5.78 Å². The lowest BCUT2D eigenvalue weighted by Gasteiger charge is -2.03. The lowest BCUT2D eigenvalue weighted by molar-refractivity contribution is 0.104. The van der Waals surface area contributed by atoms with Crippen molar-refractivity contribution in [1.82, 2.24) is 0 Å². The molecule has 0 heterocycles. The van der Waals surface area contributed by atoms with Gasteiger partial charge in [-0.05, 0) is 31.5 Å². The minimum atomic E-state index is -0.0318. The molecular formula is C17H16ClNO. The summed E-state index contributed by atoms with van der Waals surface area (Å²) in [6, 6.07) is 13.2. The van der Waals surface area contributed by atoms with Gasteiger partial charge in [0.05, 0.1) is 0 Å². The van der Waals surface area contributed by atoms with Crippen LogP contribution in [0.5, 0.6) is 0 Å². The molecule has 0 radical (unpaired) electrons. The Labute approximate surface area is 124 Å². The number of anilines is 1. The van der Waals surface area contributed by atoms with Crippen LogP contribution in [0.1, 0.15) is 21.5 Å². The van der Waals surface area contributed by atoms with Crippen LogP contribution in [0.25, 0.3) is 0 Å². The molecule has 0 aliphatic rings. The lowest BCUT2D eigenvalue weighted by atomic mass is 10.1. The van der Waals surface area contributed by atoms with E-state index in [1.165, 1.54) is 6.08 Å². The lowest BCUT2D eigenvalue weighted by Crippen LogP contribution is -1.96. The third-order valence-corrected chi connectivity index (χ3v) is 3.40. The second kappa shape index (κ2) is 6.40. The molecule has 0 saturated carbocycles. The van der Waals surface area contributed by atoms with E-state index in [0.29, 0.717) is 10.6 Å². The highest BCUT2D eigenvalue weighted by Gasteiger charge is 2.00. The van der Waals surface area contributed by atoms with Gasteiger partial charge in [-0.2, -0.15) is 0 Å². The Kier molecular flexibility index (Phi) is 4.59. The number of carbonyl (C=O) groups excluding carboxylic acids is 1. The monoisotopic (exact) mass is 285 g/mol. The zero-order chi connectivity index (χ0) is 14.5. The largest absolute Gasteiger partial charge is 0.362 e. The van der Waals surface area contributed by atoms with Gasteiger partial charge in [0.2, 0.25) is 0 Å². The highest BCUT2D eigenvalue weighted by molar-refractivity contribution is 6.31. The Morgan fingerprint density at radius 3 is 2.45 bits per heavy atom. The molecule has 0 bridgehead atoms. The molecule has 0 spiro atoms. The van der Waals surface area contributed by atoms with E-state index in [9.17, 15) is 4.79 Å². The van der Waals surface area contributed by atoms with Gasteiger partial charge < -0.3 is 5.32 Å². The number of aryl methyl sites for hydroxylation is 2. The number of benzene rings is 2. The summed E-state index contributed by atoms with van der Waals surface area (Å²) in [6.45, 7) is 3.94. The van der Waals surface area contributed by atoms with Gasteiger partial charge in [-0.1, -0.05) is 47.5 Å². The maximum absolute atomic E-state index is 11.9. The molecule has 0 atom stereocenters. The number of ketones is 1. The number of rotatable bonds is 4. The van der Waals surface area contributed by atoms with E-state index in [2.05, 4.69) is 5.32 Å². The molecule has 3 heteroatoms. The molecule has 0 aliphatic carbocycles. The van der Waals surface area contributed by atoms with Gasteiger partial charge in [-0.3, -0.25) is 4.79 Å². The summed E-state index contributed by atoms with van der Waals surface area (Å²) in [5, 5.41) is 3.74. The quantitative estimate of drug-likeness (QED) is 0.648. The number of nitrogens with one attached hydrogen (secondary N) is 1. The minimum absolute atomic E-state index is 0.0318. The smallest absolute Gasteiger partial charge is 0.187 e. The fourth-order valence-corrected chi connectivity index (χ4v) is 1.89. The molecule has 0 aliphatic heterocycles. The van der Waals surface area contributed by atoms with Crippen molar-refractivity contribution >= 4 is 23.1 Å². The highest BCUT2D eigenvalue weighted by Crippen LogP contribution is 2.19. The fourth-order valence-electron chi connectivity index (χ4n) is 1.71. The van der Waals surface area contributed by atoms with Crippen molar-refractivity contribution < 1.29 is 4.79 Å². The summed E-state index contributed by atoms with van der Waals surface area (Å²) in [7, 11) is 0. The van der Waals surface area contributed by atoms with Gasteiger partial charge in [0.1, 0.15) is 0 Å². The summed E-state index contributed by atoms with van der Waals surface area (Å²) in [5.74, 6) is -0.0318.